The summed E-state index contributed by atoms with van der Waals surface area (Å²) in [4.78, 5) is 31.5. The third-order valence-corrected chi connectivity index (χ3v) is 6.18. The average molecular weight is 480 g/mol. The predicted octanol–water partition coefficient (Wildman–Crippen LogP) is 4.46. The van der Waals surface area contributed by atoms with Gasteiger partial charge in [0.1, 0.15) is 17.6 Å². The fourth-order valence-corrected chi connectivity index (χ4v) is 4.14. The number of nitrogens with zero attached hydrogens (tertiary/aromatic N) is 2. The number of carbonyl (C=O) groups is 2. The van der Waals surface area contributed by atoms with Crippen LogP contribution in [0.3, 0.4) is 0 Å². The molecule has 2 heterocycles. The lowest BCUT2D eigenvalue weighted by Crippen LogP contribution is -2.44. The second kappa shape index (κ2) is 11.0. The molecule has 0 saturated carbocycles. The number of nitrogens with one attached hydrogen (secondary N) is 1. The van der Waals surface area contributed by atoms with Gasteiger partial charge in [0.15, 0.2) is 5.78 Å². The Morgan fingerprint density at radius 1 is 1.03 bits per heavy atom. The largest absolute Gasteiger partial charge is 0.497 e. The van der Waals surface area contributed by atoms with Crippen LogP contribution in [0, 0.1) is 0 Å². The van der Waals surface area contributed by atoms with Crippen LogP contribution in [0.4, 0.5) is 5.69 Å². The summed E-state index contributed by atoms with van der Waals surface area (Å²) >= 11 is 6.52. The molecule has 1 aliphatic heterocycles. The van der Waals surface area contributed by atoms with E-state index in [9.17, 15) is 9.59 Å². The second-order valence-corrected chi connectivity index (χ2v) is 8.34. The summed E-state index contributed by atoms with van der Waals surface area (Å²) in [6, 6.07) is 15.7. The number of amides is 1. The van der Waals surface area contributed by atoms with Crippen LogP contribution in [0.5, 0.6) is 11.5 Å². The molecule has 1 aromatic heterocycles. The maximum atomic E-state index is 12.9. The highest BCUT2D eigenvalue weighted by molar-refractivity contribution is 6.37. The van der Waals surface area contributed by atoms with Gasteiger partial charge in [-0.2, -0.15) is 0 Å². The van der Waals surface area contributed by atoms with Crippen molar-refractivity contribution >= 4 is 29.0 Å². The van der Waals surface area contributed by atoms with E-state index in [1.807, 2.05) is 17.0 Å². The average Bonchev–Trinajstić information content (AvgIpc) is 2.88. The van der Waals surface area contributed by atoms with Crippen LogP contribution in [0.15, 0.2) is 67.0 Å². The Labute approximate surface area is 203 Å². The van der Waals surface area contributed by atoms with Gasteiger partial charge in [0, 0.05) is 49.5 Å². The van der Waals surface area contributed by atoms with Crippen LogP contribution >= 0.6 is 11.6 Å². The van der Waals surface area contributed by atoms with Gasteiger partial charge < -0.3 is 19.7 Å². The standard InChI is InChI=1S/C26H26ClN3O4/c1-33-19-7-5-18(6-8-19)26(32)22-3-2-4-23(25(22)27)29-17-24(31)30-15-11-21(12-16-30)34-20-9-13-28-14-10-20/h2-10,13-14,21,29H,11-12,15-17H2,1H3. The number of benzene rings is 2. The molecular formula is C26H26ClN3O4. The molecule has 2 aromatic carbocycles. The number of piperidine rings is 1. The minimum Gasteiger partial charge on any atom is -0.497 e. The molecule has 1 N–H and O–H groups in total. The topological polar surface area (TPSA) is 80.8 Å². The Kier molecular flexibility index (Phi) is 7.65. The zero-order chi connectivity index (χ0) is 23.9. The molecule has 0 unspecified atom stereocenters. The fourth-order valence-electron chi connectivity index (χ4n) is 3.86. The van der Waals surface area contributed by atoms with E-state index in [-0.39, 0.29) is 24.3 Å². The van der Waals surface area contributed by atoms with E-state index in [0.717, 1.165) is 18.6 Å². The molecular weight excluding hydrogens is 454 g/mol. The first-order chi connectivity index (χ1) is 16.5. The van der Waals surface area contributed by atoms with Gasteiger partial charge in [0.05, 0.1) is 24.4 Å². The summed E-state index contributed by atoms with van der Waals surface area (Å²) in [5.74, 6) is 1.24. The molecule has 176 valence electrons. The molecule has 0 spiro atoms. The quantitative estimate of drug-likeness (QED) is 0.480. The third-order valence-electron chi connectivity index (χ3n) is 5.77. The third kappa shape index (κ3) is 5.66. The van der Waals surface area contributed by atoms with Gasteiger partial charge in [0.25, 0.3) is 0 Å². The smallest absolute Gasteiger partial charge is 0.241 e. The highest BCUT2D eigenvalue weighted by atomic mass is 35.5. The first-order valence-electron chi connectivity index (χ1n) is 11.1. The number of carbonyl (C=O) groups excluding carboxylic acids is 2. The zero-order valence-corrected chi connectivity index (χ0v) is 19.6. The number of pyridine rings is 1. The van der Waals surface area contributed by atoms with E-state index in [1.54, 1.807) is 62.0 Å². The van der Waals surface area contributed by atoms with Crippen LogP contribution in [0.25, 0.3) is 0 Å². The van der Waals surface area contributed by atoms with Crippen molar-refractivity contribution in [2.24, 2.45) is 0 Å². The number of ether oxygens (including phenoxy) is 2. The molecule has 1 aliphatic rings. The molecule has 1 fully saturated rings. The SMILES string of the molecule is COc1ccc(C(=O)c2cccc(NCC(=O)N3CCC(Oc4ccncc4)CC3)c2Cl)cc1. The van der Waals surface area contributed by atoms with Gasteiger partial charge in [-0.1, -0.05) is 17.7 Å². The van der Waals surface area contributed by atoms with E-state index in [2.05, 4.69) is 10.3 Å². The van der Waals surface area contributed by atoms with Crippen molar-refractivity contribution in [1.82, 2.24) is 9.88 Å². The molecule has 4 rings (SSSR count). The van der Waals surface area contributed by atoms with Gasteiger partial charge in [-0.05, 0) is 48.5 Å². The summed E-state index contributed by atoms with van der Waals surface area (Å²) < 4.78 is 11.1. The van der Waals surface area contributed by atoms with Gasteiger partial charge >= 0.3 is 0 Å². The van der Waals surface area contributed by atoms with Crippen molar-refractivity contribution in [2.45, 2.75) is 18.9 Å². The summed E-state index contributed by atoms with van der Waals surface area (Å²) in [5, 5.41) is 3.38. The molecule has 8 heteroatoms. The molecule has 0 atom stereocenters. The van der Waals surface area contributed by atoms with Crippen LogP contribution < -0.4 is 14.8 Å². The minimum atomic E-state index is -0.195. The van der Waals surface area contributed by atoms with Gasteiger partial charge in [-0.15, -0.1) is 0 Å². The maximum absolute atomic E-state index is 12.9. The summed E-state index contributed by atoms with van der Waals surface area (Å²) in [5.41, 5.74) is 1.43. The molecule has 34 heavy (non-hydrogen) atoms. The van der Waals surface area contributed by atoms with Crippen LogP contribution in [0.2, 0.25) is 5.02 Å². The van der Waals surface area contributed by atoms with Gasteiger partial charge in [0.2, 0.25) is 5.91 Å². The monoisotopic (exact) mass is 479 g/mol. The Bertz CT molecular complexity index is 1130. The molecule has 0 aliphatic carbocycles. The molecule has 1 saturated heterocycles. The lowest BCUT2D eigenvalue weighted by atomic mass is 10.0. The molecule has 0 bridgehead atoms. The highest BCUT2D eigenvalue weighted by Gasteiger charge is 2.24. The van der Waals surface area contributed by atoms with Crippen LogP contribution in [-0.2, 0) is 4.79 Å². The summed E-state index contributed by atoms with van der Waals surface area (Å²) in [6.07, 6.45) is 5.00. The highest BCUT2D eigenvalue weighted by Crippen LogP contribution is 2.28. The van der Waals surface area contributed by atoms with Crippen molar-refractivity contribution < 1.29 is 19.1 Å². The van der Waals surface area contributed by atoms with E-state index in [0.29, 0.717) is 40.7 Å². The van der Waals surface area contributed by atoms with Crippen LogP contribution in [-0.4, -0.2) is 54.4 Å². The Balaban J connectivity index is 1.32. The van der Waals surface area contributed by atoms with E-state index < -0.39 is 0 Å². The second-order valence-electron chi connectivity index (χ2n) is 7.96. The van der Waals surface area contributed by atoms with Crippen molar-refractivity contribution in [2.75, 3.05) is 32.1 Å². The molecule has 1 amide bonds. The number of methoxy groups -OCH3 is 1. The van der Waals surface area contributed by atoms with Gasteiger partial charge in [-0.25, -0.2) is 0 Å². The molecule has 3 aromatic rings. The lowest BCUT2D eigenvalue weighted by Gasteiger charge is -2.32. The number of rotatable bonds is 8. The van der Waals surface area contributed by atoms with Gasteiger partial charge in [-0.3, -0.25) is 14.6 Å². The van der Waals surface area contributed by atoms with E-state index in [1.165, 1.54) is 0 Å². The number of aromatic nitrogens is 1. The number of hydrogen-bond acceptors (Lipinski definition) is 6. The minimum absolute atomic E-state index is 0.0229. The number of hydrogen-bond donors (Lipinski definition) is 1. The van der Waals surface area contributed by atoms with Crippen molar-refractivity contribution in [3.63, 3.8) is 0 Å². The normalized spacial score (nSPS) is 13.9. The Morgan fingerprint density at radius 2 is 1.74 bits per heavy atom. The van der Waals surface area contributed by atoms with Crippen molar-refractivity contribution in [3.05, 3.63) is 83.1 Å². The number of ketones is 1. The molecule has 0 radical (unpaired) electrons. The summed E-state index contributed by atoms with van der Waals surface area (Å²) in [7, 11) is 1.57. The fraction of sp³-hybridized carbons (Fsp3) is 0.269. The number of halogens is 1. The van der Waals surface area contributed by atoms with Crippen molar-refractivity contribution in [1.29, 1.82) is 0 Å². The number of likely N-dealkylation sites (tertiary alicyclic amines) is 1. The van der Waals surface area contributed by atoms with Crippen molar-refractivity contribution in [3.8, 4) is 11.5 Å². The van der Waals surface area contributed by atoms with E-state index in [4.69, 9.17) is 21.1 Å². The van der Waals surface area contributed by atoms with E-state index >= 15 is 0 Å². The molecule has 7 nitrogen and oxygen atoms in total. The Morgan fingerprint density at radius 3 is 2.41 bits per heavy atom. The first kappa shape index (κ1) is 23.6. The predicted molar refractivity (Wildman–Crippen MR) is 131 cm³/mol. The lowest BCUT2D eigenvalue weighted by molar-refractivity contribution is -0.131. The summed E-state index contributed by atoms with van der Waals surface area (Å²) in [6.45, 7) is 1.34. The number of anilines is 1. The first-order valence-corrected chi connectivity index (χ1v) is 11.5. The maximum Gasteiger partial charge on any atom is 0.241 e. The Hall–Kier alpha value is -3.58. The van der Waals surface area contributed by atoms with Crippen LogP contribution in [0.1, 0.15) is 28.8 Å². The zero-order valence-electron chi connectivity index (χ0n) is 18.9.